The van der Waals surface area contributed by atoms with Crippen LogP contribution in [0.25, 0.3) is 22.6 Å². The molecule has 0 radical (unpaired) electrons. The highest BCUT2D eigenvalue weighted by Crippen LogP contribution is 2.36. The summed E-state index contributed by atoms with van der Waals surface area (Å²) in [5.41, 5.74) is 4.58. The zero-order valence-electron chi connectivity index (χ0n) is 19.6. The highest BCUT2D eigenvalue weighted by molar-refractivity contribution is 6.07. The van der Waals surface area contributed by atoms with Gasteiger partial charge in [-0.15, -0.1) is 0 Å². The average Bonchev–Trinajstić information content (AvgIpc) is 2.81. The summed E-state index contributed by atoms with van der Waals surface area (Å²) in [6, 6.07) is 15.5. The van der Waals surface area contributed by atoms with Crippen LogP contribution in [0.1, 0.15) is 60.8 Å². The minimum absolute atomic E-state index is 0.108. The molecule has 33 heavy (non-hydrogen) atoms. The second-order valence-electron chi connectivity index (χ2n) is 9.38. The standard InChI is InChI=1S/C28H29NO4/c1-28(2,3)24(30)17-33-27(31)25-21-9-5-6-11-23(21)29-26-19(8-7-10-22(25)26)16-18-12-14-20(32-4)15-13-18/h5-6,9,11-16H,7-8,10,17H2,1-4H3. The number of ether oxygens (including phenoxy) is 2. The van der Waals surface area contributed by atoms with Crippen molar-refractivity contribution in [3.63, 3.8) is 0 Å². The maximum Gasteiger partial charge on any atom is 0.339 e. The van der Waals surface area contributed by atoms with Gasteiger partial charge in [0.25, 0.3) is 0 Å². The van der Waals surface area contributed by atoms with E-state index < -0.39 is 11.4 Å². The number of pyridine rings is 1. The van der Waals surface area contributed by atoms with Crippen LogP contribution in [0.2, 0.25) is 0 Å². The summed E-state index contributed by atoms with van der Waals surface area (Å²) >= 11 is 0. The van der Waals surface area contributed by atoms with E-state index in [1.807, 2.05) is 69.3 Å². The smallest absolute Gasteiger partial charge is 0.339 e. The molecule has 0 fully saturated rings. The number of allylic oxidation sites excluding steroid dienone is 1. The number of Topliss-reactive ketones (excluding diaryl/α,β-unsaturated/α-hetero) is 1. The number of rotatable bonds is 5. The zero-order valence-corrected chi connectivity index (χ0v) is 19.6. The van der Waals surface area contributed by atoms with E-state index in [1.165, 1.54) is 0 Å². The number of fused-ring (bicyclic) bond motifs is 2. The fraction of sp³-hybridized carbons (Fsp3) is 0.321. The lowest BCUT2D eigenvalue weighted by Crippen LogP contribution is -2.27. The van der Waals surface area contributed by atoms with Gasteiger partial charge < -0.3 is 9.47 Å². The van der Waals surface area contributed by atoms with E-state index in [2.05, 4.69) is 6.08 Å². The van der Waals surface area contributed by atoms with Crippen LogP contribution in [0, 0.1) is 5.41 Å². The molecule has 0 unspecified atom stereocenters. The van der Waals surface area contributed by atoms with Crippen molar-refractivity contribution in [3.05, 3.63) is 70.9 Å². The van der Waals surface area contributed by atoms with Gasteiger partial charge in [-0.05, 0) is 60.2 Å². The minimum atomic E-state index is -0.561. The molecule has 0 N–H and O–H groups in total. The first-order chi connectivity index (χ1) is 15.8. The molecule has 1 aliphatic carbocycles. The monoisotopic (exact) mass is 443 g/mol. The maximum atomic E-state index is 13.3. The Hall–Kier alpha value is -3.47. The van der Waals surface area contributed by atoms with Crippen LogP contribution in [0.15, 0.2) is 48.5 Å². The minimum Gasteiger partial charge on any atom is -0.497 e. The first-order valence-corrected chi connectivity index (χ1v) is 11.2. The fourth-order valence-corrected chi connectivity index (χ4v) is 4.03. The van der Waals surface area contributed by atoms with Crippen LogP contribution < -0.4 is 4.74 Å². The van der Waals surface area contributed by atoms with E-state index >= 15 is 0 Å². The Morgan fingerprint density at radius 1 is 1.03 bits per heavy atom. The summed E-state index contributed by atoms with van der Waals surface area (Å²) in [6.45, 7) is 5.23. The van der Waals surface area contributed by atoms with Gasteiger partial charge >= 0.3 is 5.97 Å². The molecular formula is C28H29NO4. The molecule has 0 saturated carbocycles. The number of esters is 1. The van der Waals surface area contributed by atoms with Crippen molar-refractivity contribution >= 4 is 34.3 Å². The lowest BCUT2D eigenvalue weighted by molar-refractivity contribution is -0.129. The van der Waals surface area contributed by atoms with Gasteiger partial charge in [0.1, 0.15) is 5.75 Å². The second kappa shape index (κ2) is 9.18. The van der Waals surface area contributed by atoms with Crippen molar-refractivity contribution in [2.75, 3.05) is 13.7 Å². The SMILES string of the molecule is COc1ccc(C=C2CCCc3c2nc2ccccc2c3C(=O)OCC(=O)C(C)(C)C)cc1. The Morgan fingerprint density at radius 2 is 1.76 bits per heavy atom. The summed E-state index contributed by atoms with van der Waals surface area (Å²) in [6.07, 6.45) is 4.65. The van der Waals surface area contributed by atoms with Gasteiger partial charge in [0.15, 0.2) is 12.4 Å². The molecule has 0 saturated heterocycles. The molecule has 0 bridgehead atoms. The summed E-state index contributed by atoms with van der Waals surface area (Å²) in [5.74, 6) is 0.233. The predicted octanol–water partition coefficient (Wildman–Crippen LogP) is 5.89. The summed E-state index contributed by atoms with van der Waals surface area (Å²) < 4.78 is 10.8. The third kappa shape index (κ3) is 4.82. The Kier molecular flexibility index (Phi) is 6.32. The number of carbonyl (C=O) groups excluding carboxylic acids is 2. The molecule has 4 rings (SSSR count). The third-order valence-electron chi connectivity index (χ3n) is 6.00. The van der Waals surface area contributed by atoms with Gasteiger partial charge in [0.2, 0.25) is 0 Å². The van der Waals surface area contributed by atoms with Gasteiger partial charge in [0, 0.05) is 10.8 Å². The summed E-state index contributed by atoms with van der Waals surface area (Å²) in [7, 11) is 1.65. The molecule has 0 aliphatic heterocycles. The number of aromatic nitrogens is 1. The first-order valence-electron chi connectivity index (χ1n) is 11.2. The Bertz CT molecular complexity index is 1230. The van der Waals surface area contributed by atoms with E-state index in [1.54, 1.807) is 7.11 Å². The van der Waals surface area contributed by atoms with E-state index in [0.29, 0.717) is 5.56 Å². The van der Waals surface area contributed by atoms with E-state index in [9.17, 15) is 9.59 Å². The van der Waals surface area contributed by atoms with Crippen LogP contribution in [-0.4, -0.2) is 30.5 Å². The van der Waals surface area contributed by atoms with Crippen LogP contribution >= 0.6 is 0 Å². The van der Waals surface area contributed by atoms with Gasteiger partial charge in [-0.25, -0.2) is 9.78 Å². The maximum absolute atomic E-state index is 13.3. The summed E-state index contributed by atoms with van der Waals surface area (Å²) in [5, 5.41) is 0.759. The van der Waals surface area contributed by atoms with Gasteiger partial charge in [-0.1, -0.05) is 51.1 Å². The Morgan fingerprint density at radius 3 is 2.45 bits per heavy atom. The van der Waals surface area contributed by atoms with E-state index in [4.69, 9.17) is 14.5 Å². The number of benzene rings is 2. The van der Waals surface area contributed by atoms with Crippen molar-refractivity contribution in [2.24, 2.45) is 5.41 Å². The van der Waals surface area contributed by atoms with Crippen molar-refractivity contribution in [1.29, 1.82) is 0 Å². The molecule has 3 aromatic rings. The fourth-order valence-electron chi connectivity index (χ4n) is 4.03. The van der Waals surface area contributed by atoms with Crippen molar-refractivity contribution in [3.8, 4) is 5.75 Å². The molecule has 1 aliphatic rings. The van der Waals surface area contributed by atoms with E-state index in [0.717, 1.165) is 58.3 Å². The van der Waals surface area contributed by atoms with E-state index in [-0.39, 0.29) is 12.4 Å². The number of nitrogens with zero attached hydrogens (tertiary/aromatic N) is 1. The molecule has 1 aromatic heterocycles. The molecule has 1 heterocycles. The second-order valence-corrected chi connectivity index (χ2v) is 9.38. The molecule has 5 nitrogen and oxygen atoms in total. The van der Waals surface area contributed by atoms with Crippen LogP contribution in [-0.2, 0) is 16.0 Å². The largest absolute Gasteiger partial charge is 0.497 e. The highest BCUT2D eigenvalue weighted by Gasteiger charge is 2.28. The number of methoxy groups -OCH3 is 1. The Labute approximate surface area is 194 Å². The first kappa shape index (κ1) is 22.7. The van der Waals surface area contributed by atoms with Gasteiger partial charge in [0.05, 0.1) is 23.9 Å². The number of carbonyl (C=O) groups is 2. The number of para-hydroxylation sites is 1. The topological polar surface area (TPSA) is 65.5 Å². The molecule has 0 spiro atoms. The molecule has 2 aromatic carbocycles. The predicted molar refractivity (Wildman–Crippen MR) is 130 cm³/mol. The van der Waals surface area contributed by atoms with Crippen LogP contribution in [0.3, 0.4) is 0 Å². The number of hydrogen-bond donors (Lipinski definition) is 0. The normalized spacial score (nSPS) is 14.7. The molecule has 0 amide bonds. The quantitative estimate of drug-likeness (QED) is 0.460. The summed E-state index contributed by atoms with van der Waals surface area (Å²) in [4.78, 5) is 30.5. The van der Waals surface area contributed by atoms with Crippen molar-refractivity contribution in [2.45, 2.75) is 40.0 Å². The molecule has 5 heteroatoms. The van der Waals surface area contributed by atoms with Gasteiger partial charge in [-0.2, -0.15) is 0 Å². The molecule has 0 atom stereocenters. The van der Waals surface area contributed by atoms with Crippen molar-refractivity contribution in [1.82, 2.24) is 4.98 Å². The lowest BCUT2D eigenvalue weighted by Gasteiger charge is -2.23. The number of ketones is 1. The molecule has 170 valence electrons. The number of hydrogen-bond acceptors (Lipinski definition) is 5. The third-order valence-corrected chi connectivity index (χ3v) is 6.00. The van der Waals surface area contributed by atoms with Crippen LogP contribution in [0.4, 0.5) is 0 Å². The lowest BCUT2D eigenvalue weighted by atomic mass is 9.86. The molecular weight excluding hydrogens is 414 g/mol. The zero-order chi connectivity index (χ0) is 23.6. The highest BCUT2D eigenvalue weighted by atomic mass is 16.5. The van der Waals surface area contributed by atoms with Crippen molar-refractivity contribution < 1.29 is 19.1 Å². The Balaban J connectivity index is 1.77. The average molecular weight is 444 g/mol. The van der Waals surface area contributed by atoms with Gasteiger partial charge in [-0.3, -0.25) is 4.79 Å². The van der Waals surface area contributed by atoms with Crippen LogP contribution in [0.5, 0.6) is 5.75 Å².